The predicted octanol–water partition coefficient (Wildman–Crippen LogP) is 0.429. The SMILES string of the molecule is Cc1ncsc1CN(C)C(=O)N[C@H](CCO)C(=O)O. The van der Waals surface area contributed by atoms with Crippen molar-refractivity contribution < 1.29 is 19.8 Å². The van der Waals surface area contributed by atoms with Crippen molar-refractivity contribution in [3.8, 4) is 0 Å². The van der Waals surface area contributed by atoms with Crippen LogP contribution in [0.15, 0.2) is 5.51 Å². The number of nitrogens with one attached hydrogen (secondary N) is 1. The Hall–Kier alpha value is -1.67. The maximum absolute atomic E-state index is 11.8. The standard InChI is InChI=1S/C11H17N3O4S/c1-7-9(19-6-12-7)5-14(2)11(18)13-8(3-4-15)10(16)17/h6,8,15H,3-5H2,1-2H3,(H,13,18)(H,16,17)/t8-/m1/s1. The molecule has 2 amide bonds. The highest BCUT2D eigenvalue weighted by Crippen LogP contribution is 2.14. The number of carbonyl (C=O) groups is 2. The molecule has 0 aliphatic heterocycles. The van der Waals surface area contributed by atoms with Crippen molar-refractivity contribution in [2.24, 2.45) is 0 Å². The fourth-order valence-corrected chi connectivity index (χ4v) is 2.24. The van der Waals surface area contributed by atoms with E-state index in [2.05, 4.69) is 10.3 Å². The summed E-state index contributed by atoms with van der Waals surface area (Å²) < 4.78 is 0. The summed E-state index contributed by atoms with van der Waals surface area (Å²) in [6.07, 6.45) is -0.0193. The van der Waals surface area contributed by atoms with Gasteiger partial charge in [-0.15, -0.1) is 11.3 Å². The lowest BCUT2D eigenvalue weighted by Crippen LogP contribution is -2.46. The molecular weight excluding hydrogens is 270 g/mol. The minimum atomic E-state index is -1.16. The average molecular weight is 287 g/mol. The molecule has 0 aliphatic rings. The third-order valence-corrected chi connectivity index (χ3v) is 3.51. The Kier molecular flexibility index (Phi) is 5.71. The van der Waals surface area contributed by atoms with Gasteiger partial charge in [-0.2, -0.15) is 0 Å². The summed E-state index contributed by atoms with van der Waals surface area (Å²) in [5.74, 6) is -1.16. The van der Waals surface area contributed by atoms with Gasteiger partial charge in [0.2, 0.25) is 0 Å². The lowest BCUT2D eigenvalue weighted by Gasteiger charge is -2.20. The fraction of sp³-hybridized carbons (Fsp3) is 0.545. The van der Waals surface area contributed by atoms with Crippen molar-refractivity contribution in [2.75, 3.05) is 13.7 Å². The number of aliphatic carboxylic acids is 1. The summed E-state index contributed by atoms with van der Waals surface area (Å²) in [6.45, 7) is 1.92. The molecule has 0 radical (unpaired) electrons. The number of thiazole rings is 1. The molecule has 106 valence electrons. The number of rotatable bonds is 6. The molecule has 0 saturated carbocycles. The number of carbonyl (C=O) groups excluding carboxylic acids is 1. The van der Waals surface area contributed by atoms with E-state index in [9.17, 15) is 9.59 Å². The van der Waals surface area contributed by atoms with Crippen LogP contribution in [0.2, 0.25) is 0 Å². The minimum absolute atomic E-state index is 0.0193. The summed E-state index contributed by atoms with van der Waals surface area (Å²) in [5.41, 5.74) is 2.55. The Morgan fingerprint density at radius 2 is 2.26 bits per heavy atom. The molecule has 1 heterocycles. The first kappa shape index (κ1) is 15.4. The van der Waals surface area contributed by atoms with Crippen LogP contribution in [0.3, 0.4) is 0 Å². The maximum Gasteiger partial charge on any atom is 0.326 e. The molecule has 8 heteroatoms. The van der Waals surface area contributed by atoms with Gasteiger partial charge in [0.25, 0.3) is 0 Å². The average Bonchev–Trinajstić information content (AvgIpc) is 2.74. The molecule has 1 atom stereocenters. The number of hydrogen-bond donors (Lipinski definition) is 3. The Balaban J connectivity index is 2.57. The van der Waals surface area contributed by atoms with Crippen molar-refractivity contribution in [2.45, 2.75) is 25.9 Å². The number of amides is 2. The number of hydrogen-bond acceptors (Lipinski definition) is 5. The highest BCUT2D eigenvalue weighted by Gasteiger charge is 2.21. The molecule has 0 unspecified atom stereocenters. The van der Waals surface area contributed by atoms with Crippen molar-refractivity contribution >= 4 is 23.3 Å². The van der Waals surface area contributed by atoms with Gasteiger partial charge in [0.05, 0.1) is 17.7 Å². The van der Waals surface area contributed by atoms with Gasteiger partial charge in [-0.3, -0.25) is 0 Å². The van der Waals surface area contributed by atoms with E-state index < -0.39 is 18.0 Å². The van der Waals surface area contributed by atoms with Crippen LogP contribution < -0.4 is 5.32 Å². The Bertz CT molecular complexity index is 449. The van der Waals surface area contributed by atoms with Gasteiger partial charge in [0.15, 0.2) is 0 Å². The van der Waals surface area contributed by atoms with Crippen LogP contribution in [0.1, 0.15) is 17.0 Å². The van der Waals surface area contributed by atoms with E-state index in [-0.39, 0.29) is 13.0 Å². The van der Waals surface area contributed by atoms with E-state index >= 15 is 0 Å². The predicted molar refractivity (Wildman–Crippen MR) is 70.0 cm³/mol. The first-order valence-electron chi connectivity index (χ1n) is 5.70. The summed E-state index contributed by atoms with van der Waals surface area (Å²) in [5, 5.41) is 20.0. The summed E-state index contributed by atoms with van der Waals surface area (Å²) in [4.78, 5) is 29.1. The monoisotopic (exact) mass is 287 g/mol. The van der Waals surface area contributed by atoms with Gasteiger partial charge in [0, 0.05) is 25.0 Å². The third-order valence-electron chi connectivity index (χ3n) is 2.59. The van der Waals surface area contributed by atoms with Crippen molar-refractivity contribution in [3.05, 3.63) is 16.1 Å². The minimum Gasteiger partial charge on any atom is -0.480 e. The van der Waals surface area contributed by atoms with Crippen molar-refractivity contribution in [3.63, 3.8) is 0 Å². The molecule has 1 aromatic heterocycles. The first-order valence-corrected chi connectivity index (χ1v) is 6.58. The molecule has 19 heavy (non-hydrogen) atoms. The van der Waals surface area contributed by atoms with Gasteiger partial charge in [-0.25, -0.2) is 14.6 Å². The number of aliphatic hydroxyl groups excluding tert-OH is 1. The molecule has 0 saturated heterocycles. The Morgan fingerprint density at radius 3 is 2.74 bits per heavy atom. The summed E-state index contributed by atoms with van der Waals surface area (Å²) in [6, 6.07) is -1.57. The fourth-order valence-electron chi connectivity index (χ4n) is 1.41. The second kappa shape index (κ2) is 7.05. The van der Waals surface area contributed by atoms with Gasteiger partial charge >= 0.3 is 12.0 Å². The van der Waals surface area contributed by atoms with Crippen LogP contribution in [-0.2, 0) is 11.3 Å². The maximum atomic E-state index is 11.8. The summed E-state index contributed by atoms with van der Waals surface area (Å²) >= 11 is 1.44. The second-order valence-electron chi connectivity index (χ2n) is 4.07. The Morgan fingerprint density at radius 1 is 1.58 bits per heavy atom. The molecule has 3 N–H and O–H groups in total. The number of nitrogens with zero attached hydrogens (tertiary/aromatic N) is 2. The zero-order valence-corrected chi connectivity index (χ0v) is 11.6. The summed E-state index contributed by atoms with van der Waals surface area (Å²) in [7, 11) is 1.58. The van der Waals surface area contributed by atoms with Crippen LogP contribution in [-0.4, -0.2) is 51.8 Å². The number of aryl methyl sites for hydroxylation is 1. The third kappa shape index (κ3) is 4.49. The van der Waals surface area contributed by atoms with Gasteiger partial charge in [-0.1, -0.05) is 0 Å². The zero-order chi connectivity index (χ0) is 14.4. The molecular formula is C11H17N3O4S. The zero-order valence-electron chi connectivity index (χ0n) is 10.8. The van der Waals surface area contributed by atoms with Crippen molar-refractivity contribution in [1.29, 1.82) is 0 Å². The van der Waals surface area contributed by atoms with E-state index in [0.717, 1.165) is 10.6 Å². The van der Waals surface area contributed by atoms with Gasteiger partial charge in [-0.05, 0) is 6.92 Å². The molecule has 1 rings (SSSR count). The molecule has 0 fully saturated rings. The van der Waals surface area contributed by atoms with E-state index in [1.54, 1.807) is 12.6 Å². The second-order valence-corrected chi connectivity index (χ2v) is 5.01. The van der Waals surface area contributed by atoms with Crippen LogP contribution in [0.25, 0.3) is 0 Å². The van der Waals surface area contributed by atoms with Crippen molar-refractivity contribution in [1.82, 2.24) is 15.2 Å². The van der Waals surface area contributed by atoms with E-state index in [4.69, 9.17) is 10.2 Å². The molecule has 0 bridgehead atoms. The lowest BCUT2D eigenvalue weighted by atomic mass is 10.2. The smallest absolute Gasteiger partial charge is 0.326 e. The van der Waals surface area contributed by atoms with Crippen LogP contribution >= 0.6 is 11.3 Å². The quantitative estimate of drug-likeness (QED) is 0.704. The molecule has 0 aliphatic carbocycles. The molecule has 0 spiro atoms. The van der Waals surface area contributed by atoms with E-state index in [1.165, 1.54) is 16.2 Å². The molecule has 1 aromatic rings. The number of carboxylic acid groups (broad SMARTS) is 1. The molecule has 7 nitrogen and oxygen atoms in total. The van der Waals surface area contributed by atoms with Gasteiger partial charge < -0.3 is 20.4 Å². The number of carboxylic acids is 1. The largest absolute Gasteiger partial charge is 0.480 e. The van der Waals surface area contributed by atoms with Crippen LogP contribution in [0.5, 0.6) is 0 Å². The van der Waals surface area contributed by atoms with E-state index in [1.807, 2.05) is 6.92 Å². The highest BCUT2D eigenvalue weighted by atomic mass is 32.1. The highest BCUT2D eigenvalue weighted by molar-refractivity contribution is 7.09. The number of aromatic nitrogens is 1. The number of urea groups is 1. The lowest BCUT2D eigenvalue weighted by molar-refractivity contribution is -0.139. The number of aliphatic hydroxyl groups is 1. The molecule has 0 aromatic carbocycles. The van der Waals surface area contributed by atoms with Crippen LogP contribution in [0.4, 0.5) is 4.79 Å². The normalized spacial score (nSPS) is 11.9. The van der Waals surface area contributed by atoms with Gasteiger partial charge in [0.1, 0.15) is 6.04 Å². The Labute approximate surface area is 114 Å². The first-order chi connectivity index (χ1) is 8.95. The van der Waals surface area contributed by atoms with Crippen LogP contribution in [0, 0.1) is 6.92 Å². The topological polar surface area (TPSA) is 103 Å². The van der Waals surface area contributed by atoms with E-state index in [0.29, 0.717) is 6.54 Å².